The maximum Gasteiger partial charge on any atom is 0.347 e. The van der Waals surface area contributed by atoms with Gasteiger partial charge < -0.3 is 14.6 Å². The van der Waals surface area contributed by atoms with Crippen LogP contribution in [0.5, 0.6) is 0 Å². The average molecular weight is 202 g/mol. The van der Waals surface area contributed by atoms with E-state index in [2.05, 4.69) is 0 Å². The summed E-state index contributed by atoms with van der Waals surface area (Å²) >= 11 is 0. The molecule has 0 aromatic rings. The van der Waals surface area contributed by atoms with Gasteiger partial charge in [-0.05, 0) is 26.2 Å². The Morgan fingerprint density at radius 1 is 1.64 bits per heavy atom. The molecule has 1 N–H and O–H groups in total. The van der Waals surface area contributed by atoms with Gasteiger partial charge in [0.15, 0.2) is 6.10 Å². The summed E-state index contributed by atoms with van der Waals surface area (Å²) in [4.78, 5) is 22.2. The van der Waals surface area contributed by atoms with E-state index in [0.29, 0.717) is 13.0 Å². The lowest BCUT2D eigenvalue weighted by atomic mass is 10.2. The minimum atomic E-state index is -1.20. The van der Waals surface area contributed by atoms with Crippen LogP contribution in [0, 0.1) is 0 Å². The Balaban J connectivity index is 2.48. The number of carbonyl (C=O) groups excluding carboxylic acids is 2. The van der Waals surface area contributed by atoms with Gasteiger partial charge in [0.2, 0.25) is 0 Å². The second kappa shape index (κ2) is 4.95. The van der Waals surface area contributed by atoms with Crippen molar-refractivity contribution in [3.05, 3.63) is 0 Å². The molecular weight excluding hydrogens is 188 g/mol. The Morgan fingerprint density at radius 2 is 2.36 bits per heavy atom. The molecule has 0 amide bonds. The van der Waals surface area contributed by atoms with Crippen molar-refractivity contribution in [3.63, 3.8) is 0 Å². The van der Waals surface area contributed by atoms with Gasteiger partial charge in [0.1, 0.15) is 6.10 Å². The van der Waals surface area contributed by atoms with Crippen molar-refractivity contribution < 1.29 is 24.2 Å². The second-order valence-electron chi connectivity index (χ2n) is 3.26. The fourth-order valence-electron chi connectivity index (χ4n) is 1.16. The van der Waals surface area contributed by atoms with E-state index in [9.17, 15) is 9.59 Å². The largest absolute Gasteiger partial charge is 0.463 e. The third-order valence-electron chi connectivity index (χ3n) is 1.97. The minimum Gasteiger partial charge on any atom is -0.463 e. The molecule has 14 heavy (non-hydrogen) atoms. The first-order valence-electron chi connectivity index (χ1n) is 4.66. The molecule has 1 heterocycles. The molecule has 0 spiro atoms. The summed E-state index contributed by atoms with van der Waals surface area (Å²) in [5.41, 5.74) is 0. The molecule has 0 radical (unpaired) electrons. The maximum absolute atomic E-state index is 11.2. The molecule has 5 nitrogen and oxygen atoms in total. The van der Waals surface area contributed by atoms with Crippen LogP contribution in [-0.2, 0) is 19.1 Å². The second-order valence-corrected chi connectivity index (χ2v) is 3.26. The molecule has 1 aliphatic rings. The maximum atomic E-state index is 11.2. The van der Waals surface area contributed by atoms with Gasteiger partial charge in [0, 0.05) is 0 Å². The molecule has 1 fully saturated rings. The van der Waals surface area contributed by atoms with Crippen LogP contribution in [0.15, 0.2) is 0 Å². The summed E-state index contributed by atoms with van der Waals surface area (Å²) in [6, 6.07) is 0. The van der Waals surface area contributed by atoms with Crippen molar-refractivity contribution in [2.75, 3.05) is 6.61 Å². The van der Waals surface area contributed by atoms with Crippen molar-refractivity contribution in [2.45, 2.75) is 38.4 Å². The summed E-state index contributed by atoms with van der Waals surface area (Å²) in [6.07, 6.45) is -0.0134. The van der Waals surface area contributed by atoms with Crippen LogP contribution in [0.25, 0.3) is 0 Å². The predicted molar refractivity (Wildman–Crippen MR) is 46.4 cm³/mol. The SMILES string of the molecule is CC(O)C(=O)OC1CCCCOC1=O. The number of ether oxygens (including phenoxy) is 2. The first-order valence-corrected chi connectivity index (χ1v) is 4.66. The first-order chi connectivity index (χ1) is 6.61. The predicted octanol–water partition coefficient (Wildman–Crippen LogP) is 0.00610. The fourth-order valence-corrected chi connectivity index (χ4v) is 1.16. The monoisotopic (exact) mass is 202 g/mol. The van der Waals surface area contributed by atoms with E-state index in [1.165, 1.54) is 6.92 Å². The highest BCUT2D eigenvalue weighted by Crippen LogP contribution is 2.12. The lowest BCUT2D eigenvalue weighted by Gasteiger charge is -2.14. The lowest BCUT2D eigenvalue weighted by Crippen LogP contribution is -2.31. The van der Waals surface area contributed by atoms with Crippen molar-refractivity contribution in [1.82, 2.24) is 0 Å². The van der Waals surface area contributed by atoms with Crippen molar-refractivity contribution in [1.29, 1.82) is 0 Å². The Hall–Kier alpha value is -1.10. The van der Waals surface area contributed by atoms with E-state index in [4.69, 9.17) is 14.6 Å². The highest BCUT2D eigenvalue weighted by atomic mass is 16.6. The van der Waals surface area contributed by atoms with E-state index < -0.39 is 24.1 Å². The summed E-state index contributed by atoms with van der Waals surface area (Å²) in [5, 5.41) is 8.88. The van der Waals surface area contributed by atoms with Gasteiger partial charge >= 0.3 is 11.9 Å². The van der Waals surface area contributed by atoms with E-state index >= 15 is 0 Å². The van der Waals surface area contributed by atoms with Crippen molar-refractivity contribution >= 4 is 11.9 Å². The number of rotatable bonds is 2. The molecule has 2 atom stereocenters. The lowest BCUT2D eigenvalue weighted by molar-refractivity contribution is -0.171. The molecule has 1 aliphatic heterocycles. The fraction of sp³-hybridized carbons (Fsp3) is 0.778. The van der Waals surface area contributed by atoms with Crippen LogP contribution in [0.3, 0.4) is 0 Å². The van der Waals surface area contributed by atoms with Crippen LogP contribution >= 0.6 is 0 Å². The smallest absolute Gasteiger partial charge is 0.347 e. The Kier molecular flexibility index (Phi) is 3.88. The summed E-state index contributed by atoms with van der Waals surface area (Å²) in [5.74, 6) is -1.30. The van der Waals surface area contributed by atoms with Gasteiger partial charge in [0.05, 0.1) is 6.61 Å². The van der Waals surface area contributed by atoms with Crippen LogP contribution < -0.4 is 0 Å². The zero-order chi connectivity index (χ0) is 10.6. The molecule has 0 bridgehead atoms. The number of hydrogen-bond donors (Lipinski definition) is 1. The molecular formula is C9H14O5. The number of cyclic esters (lactones) is 1. The summed E-state index contributed by atoms with van der Waals surface area (Å²) < 4.78 is 9.58. The third-order valence-corrected chi connectivity index (χ3v) is 1.97. The zero-order valence-corrected chi connectivity index (χ0v) is 8.06. The van der Waals surface area contributed by atoms with Gasteiger partial charge in [-0.1, -0.05) is 0 Å². The standard InChI is InChI=1S/C9H14O5/c1-6(10)8(11)14-7-4-2-3-5-13-9(7)12/h6-7,10H,2-5H2,1H3. The molecule has 5 heteroatoms. The van der Waals surface area contributed by atoms with E-state index in [0.717, 1.165) is 12.8 Å². The molecule has 0 aromatic heterocycles. The topological polar surface area (TPSA) is 72.8 Å². The third kappa shape index (κ3) is 2.99. The highest BCUT2D eigenvalue weighted by molar-refractivity contribution is 5.81. The summed E-state index contributed by atoms with van der Waals surface area (Å²) in [7, 11) is 0. The van der Waals surface area contributed by atoms with Gasteiger partial charge in [-0.15, -0.1) is 0 Å². The van der Waals surface area contributed by atoms with Crippen LogP contribution in [0.2, 0.25) is 0 Å². The van der Waals surface area contributed by atoms with E-state index in [1.807, 2.05) is 0 Å². The van der Waals surface area contributed by atoms with Crippen molar-refractivity contribution in [3.8, 4) is 0 Å². The van der Waals surface area contributed by atoms with Gasteiger partial charge in [-0.3, -0.25) is 0 Å². The number of hydrogen-bond acceptors (Lipinski definition) is 5. The number of carbonyl (C=O) groups is 2. The molecule has 0 aromatic carbocycles. The van der Waals surface area contributed by atoms with Gasteiger partial charge in [0.25, 0.3) is 0 Å². The molecule has 1 rings (SSSR count). The number of aliphatic hydroxyl groups excluding tert-OH is 1. The van der Waals surface area contributed by atoms with Gasteiger partial charge in [-0.25, -0.2) is 9.59 Å². The molecule has 2 unspecified atom stereocenters. The zero-order valence-electron chi connectivity index (χ0n) is 8.06. The first kappa shape index (κ1) is 11.0. The quantitative estimate of drug-likeness (QED) is 0.638. The molecule has 80 valence electrons. The van der Waals surface area contributed by atoms with E-state index in [-0.39, 0.29) is 0 Å². The normalized spacial score (nSPS) is 24.7. The van der Waals surface area contributed by atoms with Crippen molar-refractivity contribution in [2.24, 2.45) is 0 Å². The van der Waals surface area contributed by atoms with Gasteiger partial charge in [-0.2, -0.15) is 0 Å². The molecule has 0 aliphatic carbocycles. The Morgan fingerprint density at radius 3 is 3.00 bits per heavy atom. The van der Waals surface area contributed by atoms with Crippen LogP contribution in [0.1, 0.15) is 26.2 Å². The van der Waals surface area contributed by atoms with Crippen LogP contribution in [0.4, 0.5) is 0 Å². The van der Waals surface area contributed by atoms with E-state index in [1.54, 1.807) is 0 Å². The average Bonchev–Trinajstić information content (AvgIpc) is 2.32. The molecule has 0 saturated carbocycles. The Labute approximate surface area is 82.0 Å². The number of esters is 2. The number of aliphatic hydroxyl groups is 1. The summed E-state index contributed by atoms with van der Waals surface area (Å²) in [6.45, 7) is 1.67. The highest BCUT2D eigenvalue weighted by Gasteiger charge is 2.27. The Bertz CT molecular complexity index is 223. The minimum absolute atomic E-state index is 0.377. The molecule has 1 saturated heterocycles. The van der Waals surface area contributed by atoms with Crippen LogP contribution in [-0.4, -0.2) is 35.9 Å².